The van der Waals surface area contributed by atoms with Crippen LogP contribution in [-0.4, -0.2) is 24.0 Å². The summed E-state index contributed by atoms with van der Waals surface area (Å²) in [5, 5.41) is 5.71. The molecule has 2 aromatic rings. The smallest absolute Gasteiger partial charge is 0.223 e. The molecule has 0 aromatic carbocycles. The van der Waals surface area contributed by atoms with Crippen molar-refractivity contribution in [3.8, 4) is 0 Å². The molecule has 0 bridgehead atoms. The highest BCUT2D eigenvalue weighted by molar-refractivity contribution is 7.09. The lowest BCUT2D eigenvalue weighted by atomic mass is 9.96. The second kappa shape index (κ2) is 7.11. The third kappa shape index (κ3) is 3.78. The molecule has 0 atom stereocenters. The van der Waals surface area contributed by atoms with E-state index in [1.807, 2.05) is 29.6 Å². The number of piperidine rings is 1. The topological polar surface area (TPSA) is 45.2 Å². The van der Waals surface area contributed by atoms with E-state index in [9.17, 15) is 4.79 Å². The van der Waals surface area contributed by atoms with Gasteiger partial charge in [-0.25, -0.2) is 4.98 Å². The number of nitrogens with zero attached hydrogens (tertiary/aromatic N) is 2. The third-order valence-electron chi connectivity index (χ3n) is 3.92. The summed E-state index contributed by atoms with van der Waals surface area (Å²) in [6.45, 7) is 2.34. The first-order valence-corrected chi connectivity index (χ1v) is 8.65. The van der Waals surface area contributed by atoms with E-state index in [0.717, 1.165) is 31.7 Å². The lowest BCUT2D eigenvalue weighted by molar-refractivity contribution is -0.125. The Balaban J connectivity index is 1.48. The predicted molar refractivity (Wildman–Crippen MR) is 90.3 cm³/mol. The molecular weight excluding hydrogens is 318 g/mol. The van der Waals surface area contributed by atoms with Gasteiger partial charge in [0.2, 0.25) is 5.91 Å². The van der Waals surface area contributed by atoms with Crippen LogP contribution in [-0.2, 0) is 11.3 Å². The van der Waals surface area contributed by atoms with Gasteiger partial charge < -0.3 is 10.2 Å². The minimum absolute atomic E-state index is 0.100. The van der Waals surface area contributed by atoms with Crippen LogP contribution < -0.4 is 10.2 Å². The number of halogens is 1. The number of anilines is 1. The molecule has 3 rings (SSSR count). The minimum atomic E-state index is 0.100. The van der Waals surface area contributed by atoms with Gasteiger partial charge >= 0.3 is 0 Å². The van der Waals surface area contributed by atoms with Gasteiger partial charge in [-0.3, -0.25) is 4.79 Å². The summed E-state index contributed by atoms with van der Waals surface area (Å²) >= 11 is 7.53. The maximum absolute atomic E-state index is 12.2. The fourth-order valence-corrected chi connectivity index (χ4v) is 3.41. The molecule has 0 unspecified atom stereocenters. The molecule has 4 nitrogen and oxygen atoms in total. The van der Waals surface area contributed by atoms with Crippen molar-refractivity contribution in [1.29, 1.82) is 0 Å². The monoisotopic (exact) mass is 335 g/mol. The molecule has 3 heterocycles. The molecule has 1 aliphatic rings. The number of amides is 1. The maximum Gasteiger partial charge on any atom is 0.223 e. The van der Waals surface area contributed by atoms with E-state index in [0.29, 0.717) is 11.6 Å². The highest BCUT2D eigenvalue weighted by Gasteiger charge is 2.25. The fraction of sp³-hybridized carbons (Fsp3) is 0.375. The number of pyridine rings is 1. The van der Waals surface area contributed by atoms with Gasteiger partial charge in [0.15, 0.2) is 0 Å². The zero-order valence-electron chi connectivity index (χ0n) is 12.2. The van der Waals surface area contributed by atoms with Crippen molar-refractivity contribution in [3.05, 3.63) is 45.7 Å². The quantitative estimate of drug-likeness (QED) is 0.932. The first kappa shape index (κ1) is 15.3. The van der Waals surface area contributed by atoms with Gasteiger partial charge in [0.05, 0.1) is 11.6 Å². The van der Waals surface area contributed by atoms with Crippen molar-refractivity contribution < 1.29 is 4.79 Å². The zero-order chi connectivity index (χ0) is 15.4. The molecule has 1 saturated heterocycles. The van der Waals surface area contributed by atoms with Crippen molar-refractivity contribution in [1.82, 2.24) is 10.3 Å². The van der Waals surface area contributed by atoms with Crippen LogP contribution in [0.2, 0.25) is 5.02 Å². The highest BCUT2D eigenvalue weighted by atomic mass is 35.5. The Hall–Kier alpha value is -1.59. The standard InChI is InChI=1S/C16H18ClN3OS/c17-13-3-4-15(18-10-13)20-7-5-12(6-8-20)16(21)19-11-14-2-1-9-22-14/h1-4,9-10,12H,5-8,11H2,(H,19,21). The van der Waals surface area contributed by atoms with Gasteiger partial charge in [0, 0.05) is 30.1 Å². The van der Waals surface area contributed by atoms with E-state index in [1.165, 1.54) is 4.88 Å². The first-order valence-electron chi connectivity index (χ1n) is 7.39. The van der Waals surface area contributed by atoms with E-state index < -0.39 is 0 Å². The maximum atomic E-state index is 12.2. The van der Waals surface area contributed by atoms with Gasteiger partial charge in [0.1, 0.15) is 5.82 Å². The molecule has 0 radical (unpaired) electrons. The predicted octanol–water partition coefficient (Wildman–Crippen LogP) is 3.33. The Morgan fingerprint density at radius 3 is 2.82 bits per heavy atom. The first-order chi connectivity index (χ1) is 10.7. The molecule has 0 aliphatic carbocycles. The van der Waals surface area contributed by atoms with Gasteiger partial charge in [-0.1, -0.05) is 17.7 Å². The largest absolute Gasteiger partial charge is 0.357 e. The van der Waals surface area contributed by atoms with Crippen molar-refractivity contribution >= 4 is 34.7 Å². The van der Waals surface area contributed by atoms with Crippen LogP contribution in [0, 0.1) is 5.92 Å². The molecule has 116 valence electrons. The summed E-state index contributed by atoms with van der Waals surface area (Å²) < 4.78 is 0. The Bertz CT molecular complexity index is 607. The third-order valence-corrected chi connectivity index (χ3v) is 5.02. The molecule has 1 aliphatic heterocycles. The summed E-state index contributed by atoms with van der Waals surface area (Å²) in [7, 11) is 0. The van der Waals surface area contributed by atoms with E-state index in [4.69, 9.17) is 11.6 Å². The van der Waals surface area contributed by atoms with Crippen molar-refractivity contribution in [2.45, 2.75) is 19.4 Å². The summed E-state index contributed by atoms with van der Waals surface area (Å²) in [4.78, 5) is 20.0. The summed E-state index contributed by atoms with van der Waals surface area (Å²) in [5.41, 5.74) is 0. The van der Waals surface area contributed by atoms with E-state index >= 15 is 0 Å². The summed E-state index contributed by atoms with van der Waals surface area (Å²) in [6, 6.07) is 7.83. The minimum Gasteiger partial charge on any atom is -0.357 e. The zero-order valence-corrected chi connectivity index (χ0v) is 13.7. The Morgan fingerprint density at radius 2 is 2.18 bits per heavy atom. The molecule has 1 N–H and O–H groups in total. The molecule has 22 heavy (non-hydrogen) atoms. The van der Waals surface area contributed by atoms with E-state index in [2.05, 4.69) is 15.2 Å². The van der Waals surface area contributed by atoms with Crippen molar-refractivity contribution in [2.24, 2.45) is 5.92 Å². The SMILES string of the molecule is O=C(NCc1cccs1)C1CCN(c2ccc(Cl)cn2)CC1. The summed E-state index contributed by atoms with van der Waals surface area (Å²) in [5.74, 6) is 1.20. The fourth-order valence-electron chi connectivity index (χ4n) is 2.66. The summed E-state index contributed by atoms with van der Waals surface area (Å²) in [6.07, 6.45) is 3.39. The van der Waals surface area contributed by atoms with Crippen LogP contribution in [0.5, 0.6) is 0 Å². The van der Waals surface area contributed by atoms with Crippen LogP contribution >= 0.6 is 22.9 Å². The number of thiophene rings is 1. The van der Waals surface area contributed by atoms with Gasteiger partial charge in [-0.05, 0) is 36.4 Å². The van der Waals surface area contributed by atoms with E-state index in [1.54, 1.807) is 17.5 Å². The number of hydrogen-bond donors (Lipinski definition) is 1. The molecule has 0 saturated carbocycles. The van der Waals surface area contributed by atoms with Gasteiger partial charge in [-0.2, -0.15) is 0 Å². The Labute approximate surface area is 139 Å². The Morgan fingerprint density at radius 1 is 1.36 bits per heavy atom. The number of nitrogens with one attached hydrogen (secondary N) is 1. The molecule has 1 amide bonds. The van der Waals surface area contributed by atoms with Gasteiger partial charge in [-0.15, -0.1) is 11.3 Å². The van der Waals surface area contributed by atoms with Crippen LogP contribution in [0.25, 0.3) is 0 Å². The number of rotatable bonds is 4. The van der Waals surface area contributed by atoms with Crippen molar-refractivity contribution in [3.63, 3.8) is 0 Å². The number of hydrogen-bond acceptors (Lipinski definition) is 4. The second-order valence-corrected chi connectivity index (χ2v) is 6.86. The second-order valence-electron chi connectivity index (χ2n) is 5.39. The van der Waals surface area contributed by atoms with Crippen LogP contribution in [0.15, 0.2) is 35.8 Å². The van der Waals surface area contributed by atoms with Crippen molar-refractivity contribution in [2.75, 3.05) is 18.0 Å². The normalized spacial score (nSPS) is 15.8. The number of carbonyl (C=O) groups excluding carboxylic acids is 1. The highest BCUT2D eigenvalue weighted by Crippen LogP contribution is 2.23. The number of aromatic nitrogens is 1. The van der Waals surface area contributed by atoms with E-state index in [-0.39, 0.29) is 11.8 Å². The molecular formula is C16H18ClN3OS. The molecule has 1 fully saturated rings. The Kier molecular flexibility index (Phi) is 4.95. The average molecular weight is 336 g/mol. The van der Waals surface area contributed by atoms with Crippen LogP contribution in [0.3, 0.4) is 0 Å². The van der Waals surface area contributed by atoms with Crippen LogP contribution in [0.1, 0.15) is 17.7 Å². The molecule has 2 aromatic heterocycles. The number of carbonyl (C=O) groups is 1. The molecule has 6 heteroatoms. The van der Waals surface area contributed by atoms with Gasteiger partial charge in [0.25, 0.3) is 0 Å². The lowest BCUT2D eigenvalue weighted by Gasteiger charge is -2.32. The average Bonchev–Trinajstić information content (AvgIpc) is 3.07. The lowest BCUT2D eigenvalue weighted by Crippen LogP contribution is -2.40. The van der Waals surface area contributed by atoms with Crippen LogP contribution in [0.4, 0.5) is 5.82 Å². The molecule has 0 spiro atoms.